The summed E-state index contributed by atoms with van der Waals surface area (Å²) in [6.07, 6.45) is 4.78. The summed E-state index contributed by atoms with van der Waals surface area (Å²) in [5.41, 5.74) is -2.96. The average molecular weight is 563 g/mol. The number of azo groups is 1. The fourth-order valence-electron chi connectivity index (χ4n) is 3.68. The van der Waals surface area contributed by atoms with E-state index in [1.807, 2.05) is 4.90 Å². The van der Waals surface area contributed by atoms with Crippen LogP contribution < -0.4 is 5.32 Å². The highest BCUT2D eigenvalue weighted by atomic mass is 16.6. The summed E-state index contributed by atoms with van der Waals surface area (Å²) < 4.78 is 15.9. The van der Waals surface area contributed by atoms with Crippen molar-refractivity contribution in [3.05, 3.63) is 62.4 Å². The first-order chi connectivity index (χ1) is 18.9. The van der Waals surface area contributed by atoms with Crippen molar-refractivity contribution in [2.24, 2.45) is 10.2 Å². The van der Waals surface area contributed by atoms with Crippen LogP contribution in [-0.2, 0) is 28.6 Å². The van der Waals surface area contributed by atoms with Crippen LogP contribution in [0.4, 0.5) is 17.1 Å². The molecule has 1 aromatic rings. The second kappa shape index (κ2) is 14.5. The number of nitro groups is 2. The number of nitrogens with zero attached hydrogens (tertiary/aromatic N) is 5. The van der Waals surface area contributed by atoms with Crippen LogP contribution in [0.2, 0.25) is 0 Å². The van der Waals surface area contributed by atoms with Gasteiger partial charge in [-0.15, -0.1) is 10.2 Å². The first-order valence-electron chi connectivity index (χ1n) is 12.1. The van der Waals surface area contributed by atoms with Gasteiger partial charge in [0.2, 0.25) is 11.6 Å². The molecule has 16 heteroatoms. The van der Waals surface area contributed by atoms with Gasteiger partial charge in [0.15, 0.2) is 5.69 Å². The Kier molecular flexibility index (Phi) is 11.5. The first-order valence-corrected chi connectivity index (χ1v) is 12.1. The Labute approximate surface area is 229 Å². The third kappa shape index (κ3) is 9.02. The number of nitro benzene ring substituents is 2. The maximum Gasteiger partial charge on any atom is 0.303 e. The number of rotatable bonds is 14. The van der Waals surface area contributed by atoms with Gasteiger partial charge in [0, 0.05) is 52.6 Å². The molecule has 0 bridgehead atoms. The topological polar surface area (TPSA) is 205 Å². The maximum atomic E-state index is 12.1. The number of ether oxygens (including phenoxy) is 3. The van der Waals surface area contributed by atoms with Gasteiger partial charge in [-0.05, 0) is 25.1 Å². The minimum Gasteiger partial charge on any atom is -0.465 e. The van der Waals surface area contributed by atoms with Crippen LogP contribution in [0, 0.1) is 20.2 Å². The fraction of sp³-hybridized carbons (Fsp3) is 0.458. The summed E-state index contributed by atoms with van der Waals surface area (Å²) in [5, 5.41) is 33.4. The molecule has 0 saturated carbocycles. The smallest absolute Gasteiger partial charge is 0.303 e. The zero-order chi connectivity index (χ0) is 29.9. The second-order valence-electron chi connectivity index (χ2n) is 8.34. The highest BCUT2D eigenvalue weighted by molar-refractivity contribution is 5.75. The minimum absolute atomic E-state index is 0.0448. The number of amides is 1. The predicted octanol–water partition coefficient (Wildman–Crippen LogP) is 2.71. The predicted molar refractivity (Wildman–Crippen MR) is 138 cm³/mol. The van der Waals surface area contributed by atoms with E-state index in [0.717, 1.165) is 18.2 Å². The monoisotopic (exact) mass is 562 g/mol. The quantitative estimate of drug-likeness (QED) is 0.115. The third-order valence-electron chi connectivity index (χ3n) is 5.38. The van der Waals surface area contributed by atoms with Gasteiger partial charge in [0.05, 0.1) is 21.6 Å². The number of benzene rings is 1. The number of carbonyl (C=O) groups is 3. The van der Waals surface area contributed by atoms with Crippen molar-refractivity contribution in [1.29, 1.82) is 0 Å². The van der Waals surface area contributed by atoms with Gasteiger partial charge in [-0.1, -0.05) is 6.08 Å². The zero-order valence-corrected chi connectivity index (χ0v) is 22.4. The van der Waals surface area contributed by atoms with Crippen LogP contribution in [0.25, 0.3) is 0 Å². The van der Waals surface area contributed by atoms with Crippen molar-refractivity contribution in [2.45, 2.75) is 39.5 Å². The van der Waals surface area contributed by atoms with Gasteiger partial charge >= 0.3 is 17.6 Å². The molecule has 1 aliphatic rings. The van der Waals surface area contributed by atoms with Gasteiger partial charge in [-0.3, -0.25) is 39.5 Å². The molecule has 0 saturated heterocycles. The van der Waals surface area contributed by atoms with E-state index in [9.17, 15) is 34.6 Å². The number of carbonyl (C=O) groups excluding carboxylic acids is 3. The van der Waals surface area contributed by atoms with E-state index in [4.69, 9.17) is 14.2 Å². The van der Waals surface area contributed by atoms with E-state index in [1.165, 1.54) is 26.8 Å². The van der Waals surface area contributed by atoms with Crippen LogP contribution in [0.15, 0.2) is 52.4 Å². The SMILES string of the molecule is CCOC1(N=Nc2ccc([N+](=O)[O-])cc2[N+](=O)[O-])C=CC(N(CCOC(C)=O)CCOC(C)=O)C=C1NC(C)=O. The second-order valence-corrected chi connectivity index (χ2v) is 8.34. The third-order valence-corrected chi connectivity index (χ3v) is 5.38. The van der Waals surface area contributed by atoms with E-state index in [2.05, 4.69) is 15.5 Å². The van der Waals surface area contributed by atoms with E-state index < -0.39 is 50.8 Å². The molecule has 2 atom stereocenters. The zero-order valence-electron chi connectivity index (χ0n) is 22.4. The number of hydrogen-bond donors (Lipinski definition) is 1. The molecule has 1 amide bonds. The Bertz CT molecular complexity index is 1210. The van der Waals surface area contributed by atoms with Crippen molar-refractivity contribution in [3.63, 3.8) is 0 Å². The summed E-state index contributed by atoms with van der Waals surface area (Å²) in [7, 11) is 0. The molecule has 1 N–H and O–H groups in total. The Morgan fingerprint density at radius 1 is 1.05 bits per heavy atom. The first kappa shape index (κ1) is 31.6. The molecule has 0 aliphatic heterocycles. The Hall–Kier alpha value is -4.57. The summed E-state index contributed by atoms with van der Waals surface area (Å²) in [5.74, 6) is -1.40. The van der Waals surface area contributed by atoms with Crippen LogP contribution in [0.3, 0.4) is 0 Å². The lowest BCUT2D eigenvalue weighted by Crippen LogP contribution is -2.46. The summed E-state index contributed by atoms with van der Waals surface area (Å²) in [6, 6.07) is 2.40. The Balaban J connectivity index is 2.50. The number of esters is 2. The molecule has 0 heterocycles. The highest BCUT2D eigenvalue weighted by Crippen LogP contribution is 2.35. The molecule has 0 aromatic heterocycles. The normalized spacial score (nSPS) is 18.3. The molecule has 2 rings (SSSR count). The van der Waals surface area contributed by atoms with Crippen molar-refractivity contribution >= 4 is 34.9 Å². The van der Waals surface area contributed by atoms with Gasteiger partial charge in [-0.2, -0.15) is 0 Å². The molecule has 2 unspecified atom stereocenters. The lowest BCUT2D eigenvalue weighted by Gasteiger charge is -2.36. The van der Waals surface area contributed by atoms with Gasteiger partial charge in [0.25, 0.3) is 5.69 Å². The van der Waals surface area contributed by atoms with E-state index in [0.29, 0.717) is 0 Å². The van der Waals surface area contributed by atoms with Crippen molar-refractivity contribution in [1.82, 2.24) is 10.2 Å². The van der Waals surface area contributed by atoms with Gasteiger partial charge in [0.1, 0.15) is 13.2 Å². The summed E-state index contributed by atoms with van der Waals surface area (Å²) >= 11 is 0. The van der Waals surface area contributed by atoms with E-state index in [1.54, 1.807) is 19.1 Å². The van der Waals surface area contributed by atoms with Crippen LogP contribution in [0.5, 0.6) is 0 Å². The summed E-state index contributed by atoms with van der Waals surface area (Å²) in [4.78, 5) is 57.4. The highest BCUT2D eigenvalue weighted by Gasteiger charge is 2.38. The lowest BCUT2D eigenvalue weighted by molar-refractivity contribution is -0.393. The molecule has 40 heavy (non-hydrogen) atoms. The van der Waals surface area contributed by atoms with Crippen molar-refractivity contribution in [2.75, 3.05) is 32.9 Å². The largest absolute Gasteiger partial charge is 0.465 e. The number of hydrogen-bond acceptors (Lipinski definition) is 13. The average Bonchev–Trinajstić information content (AvgIpc) is 2.87. The number of nitrogens with one attached hydrogen (secondary N) is 1. The maximum absolute atomic E-state index is 12.1. The lowest BCUT2D eigenvalue weighted by atomic mass is 9.98. The molecule has 0 spiro atoms. The van der Waals surface area contributed by atoms with Gasteiger partial charge in [-0.25, -0.2) is 0 Å². The molecule has 1 aromatic carbocycles. The molecule has 1 aliphatic carbocycles. The van der Waals surface area contributed by atoms with Gasteiger partial charge < -0.3 is 19.5 Å². The fourth-order valence-corrected chi connectivity index (χ4v) is 3.68. The molecule has 0 radical (unpaired) electrons. The minimum atomic E-state index is -1.70. The molecule has 16 nitrogen and oxygen atoms in total. The van der Waals surface area contributed by atoms with Crippen LogP contribution in [0.1, 0.15) is 27.7 Å². The molecule has 216 valence electrons. The van der Waals surface area contributed by atoms with Crippen molar-refractivity contribution in [3.8, 4) is 0 Å². The Morgan fingerprint density at radius 3 is 2.17 bits per heavy atom. The van der Waals surface area contributed by atoms with Crippen LogP contribution >= 0.6 is 0 Å². The molecular formula is C24H30N6O10. The Morgan fingerprint density at radius 2 is 1.68 bits per heavy atom. The molecular weight excluding hydrogens is 532 g/mol. The van der Waals surface area contributed by atoms with Crippen LogP contribution in [-0.4, -0.2) is 77.3 Å². The summed E-state index contributed by atoms with van der Waals surface area (Å²) in [6.45, 7) is 6.16. The van der Waals surface area contributed by atoms with Crippen molar-refractivity contribution < 1.29 is 38.4 Å². The standard InChI is InChI=1S/C24H30N6O10/c1-5-40-24(27-26-21-7-6-20(29(34)35)14-22(21)30(36)37)9-8-19(15-23(24)25-16(2)31)28(10-12-38-17(3)32)11-13-39-18(4)33/h6-9,14-15,19H,5,10-13H2,1-4H3,(H,25,31). The van der Waals surface area contributed by atoms with E-state index in [-0.39, 0.29) is 44.3 Å². The number of non-ortho nitro benzene ring substituents is 1. The molecule has 0 fully saturated rings. The van der Waals surface area contributed by atoms with E-state index >= 15 is 0 Å².